The predicted molar refractivity (Wildman–Crippen MR) is 119 cm³/mol. The lowest BCUT2D eigenvalue weighted by molar-refractivity contribution is -0.133. The third-order valence-corrected chi connectivity index (χ3v) is 5.97. The van der Waals surface area contributed by atoms with Crippen LogP contribution in [0.5, 0.6) is 0 Å². The second kappa shape index (κ2) is 9.92. The van der Waals surface area contributed by atoms with Crippen LogP contribution < -0.4 is 0 Å². The Hall–Kier alpha value is -2.92. The van der Waals surface area contributed by atoms with Crippen LogP contribution in [0.1, 0.15) is 35.6 Å². The molecular formula is C26H29FN2O2. The molecule has 4 rings (SSSR count). The van der Waals surface area contributed by atoms with Gasteiger partial charge in [-0.05, 0) is 54.2 Å². The largest absolute Gasteiger partial charge is 0.385 e. The van der Waals surface area contributed by atoms with E-state index in [1.165, 1.54) is 17.7 Å². The molecule has 0 N–H and O–H groups in total. The predicted octanol–water partition coefficient (Wildman–Crippen LogP) is 4.84. The molecule has 1 saturated carbocycles. The molecule has 0 saturated heterocycles. The number of halogens is 1. The summed E-state index contributed by atoms with van der Waals surface area (Å²) in [6.07, 6.45) is 3.74. The Balaban J connectivity index is 1.45. The lowest BCUT2D eigenvalue weighted by Crippen LogP contribution is -2.34. The fraction of sp³-hybridized carbons (Fsp3) is 0.346. The van der Waals surface area contributed by atoms with Gasteiger partial charge in [-0.3, -0.25) is 4.79 Å². The average Bonchev–Trinajstić information content (AvgIpc) is 3.48. The number of aromatic nitrogens is 1. The van der Waals surface area contributed by atoms with E-state index < -0.39 is 0 Å². The van der Waals surface area contributed by atoms with Crippen LogP contribution in [0.3, 0.4) is 0 Å². The second-order valence-corrected chi connectivity index (χ2v) is 8.22. The van der Waals surface area contributed by atoms with Crippen LogP contribution in [0.2, 0.25) is 0 Å². The monoisotopic (exact) mass is 420 g/mol. The van der Waals surface area contributed by atoms with Crippen molar-refractivity contribution < 1.29 is 13.9 Å². The first-order chi connectivity index (χ1) is 15.2. The highest BCUT2D eigenvalue weighted by Crippen LogP contribution is 2.48. The fourth-order valence-corrected chi connectivity index (χ4v) is 4.17. The minimum Gasteiger partial charge on any atom is -0.385 e. The molecule has 0 bridgehead atoms. The SMILES string of the molecule is COCCCN(Cc1cccn1Cc1ccc(F)cc1)C(=O)[C@@H]1C[C@H]1c1ccccc1. The minimum atomic E-state index is -0.233. The van der Waals surface area contributed by atoms with Gasteiger partial charge in [0.2, 0.25) is 5.91 Å². The zero-order valence-corrected chi connectivity index (χ0v) is 17.9. The van der Waals surface area contributed by atoms with Crippen LogP contribution in [-0.2, 0) is 22.6 Å². The fourth-order valence-electron chi connectivity index (χ4n) is 4.17. The summed E-state index contributed by atoms with van der Waals surface area (Å²) in [6.45, 7) is 2.52. The molecule has 1 aliphatic carbocycles. The molecule has 0 unspecified atom stereocenters. The Kier molecular flexibility index (Phi) is 6.82. The molecule has 0 radical (unpaired) electrons. The van der Waals surface area contributed by atoms with Gasteiger partial charge in [-0.25, -0.2) is 4.39 Å². The number of amides is 1. The zero-order valence-electron chi connectivity index (χ0n) is 17.9. The van der Waals surface area contributed by atoms with E-state index in [0.29, 0.717) is 32.2 Å². The van der Waals surface area contributed by atoms with Crippen molar-refractivity contribution in [3.63, 3.8) is 0 Å². The minimum absolute atomic E-state index is 0.0606. The van der Waals surface area contributed by atoms with Crippen molar-refractivity contribution in [2.24, 2.45) is 5.92 Å². The highest BCUT2D eigenvalue weighted by atomic mass is 19.1. The summed E-state index contributed by atoms with van der Waals surface area (Å²) in [5.41, 5.74) is 3.35. The van der Waals surface area contributed by atoms with E-state index in [1.54, 1.807) is 19.2 Å². The molecule has 1 aromatic heterocycles. The average molecular weight is 421 g/mol. The molecule has 1 amide bonds. The number of nitrogens with zero attached hydrogens (tertiary/aromatic N) is 2. The van der Waals surface area contributed by atoms with Crippen LogP contribution >= 0.6 is 0 Å². The molecular weight excluding hydrogens is 391 g/mol. The molecule has 1 aliphatic rings. The van der Waals surface area contributed by atoms with Crippen LogP contribution in [0.15, 0.2) is 72.9 Å². The normalized spacial score (nSPS) is 17.5. The highest BCUT2D eigenvalue weighted by Gasteiger charge is 2.45. The molecule has 1 heterocycles. The van der Waals surface area contributed by atoms with E-state index in [9.17, 15) is 9.18 Å². The summed E-state index contributed by atoms with van der Waals surface area (Å²) in [6, 6.07) is 20.9. The van der Waals surface area contributed by atoms with Gasteiger partial charge in [-0.2, -0.15) is 0 Å². The van der Waals surface area contributed by atoms with Gasteiger partial charge in [0.1, 0.15) is 5.82 Å². The summed E-state index contributed by atoms with van der Waals surface area (Å²) in [5, 5.41) is 0. The van der Waals surface area contributed by atoms with Crippen molar-refractivity contribution in [1.82, 2.24) is 9.47 Å². The van der Waals surface area contributed by atoms with Gasteiger partial charge in [0, 0.05) is 44.6 Å². The number of methoxy groups -OCH3 is 1. The molecule has 4 nitrogen and oxygen atoms in total. The van der Waals surface area contributed by atoms with E-state index in [0.717, 1.165) is 24.1 Å². The molecule has 31 heavy (non-hydrogen) atoms. The molecule has 162 valence electrons. The quantitative estimate of drug-likeness (QED) is 0.440. The van der Waals surface area contributed by atoms with Gasteiger partial charge in [0.05, 0.1) is 6.54 Å². The van der Waals surface area contributed by atoms with Crippen molar-refractivity contribution in [2.45, 2.75) is 31.8 Å². The maximum absolute atomic E-state index is 13.4. The van der Waals surface area contributed by atoms with Crippen LogP contribution in [0.25, 0.3) is 0 Å². The molecule has 0 aliphatic heterocycles. The zero-order chi connectivity index (χ0) is 21.6. The van der Waals surface area contributed by atoms with Crippen molar-refractivity contribution >= 4 is 5.91 Å². The number of rotatable bonds is 10. The number of hydrogen-bond acceptors (Lipinski definition) is 2. The first-order valence-electron chi connectivity index (χ1n) is 10.9. The van der Waals surface area contributed by atoms with E-state index >= 15 is 0 Å². The Morgan fingerprint density at radius 2 is 1.87 bits per heavy atom. The summed E-state index contributed by atoms with van der Waals surface area (Å²) >= 11 is 0. The molecule has 5 heteroatoms. The van der Waals surface area contributed by atoms with Crippen molar-refractivity contribution in [3.05, 3.63) is 95.6 Å². The molecule has 1 fully saturated rings. The summed E-state index contributed by atoms with van der Waals surface area (Å²) in [5.74, 6) is 0.373. The Bertz CT molecular complexity index is 984. The van der Waals surface area contributed by atoms with Gasteiger partial charge >= 0.3 is 0 Å². The van der Waals surface area contributed by atoms with E-state index in [4.69, 9.17) is 4.74 Å². The first kappa shape index (κ1) is 21.3. The Labute approximate surface area is 183 Å². The smallest absolute Gasteiger partial charge is 0.226 e. The van der Waals surface area contributed by atoms with Crippen molar-refractivity contribution in [2.75, 3.05) is 20.3 Å². The standard InChI is InChI=1S/C26H29FN2O2/c1-31-16-6-15-29(26(30)25-17-24(25)21-7-3-2-4-8-21)19-23-9-5-14-28(23)18-20-10-12-22(27)13-11-20/h2-5,7-14,24-25H,6,15-19H2,1H3/t24-,25+/m0/s1. The number of carbonyl (C=O) groups is 1. The highest BCUT2D eigenvalue weighted by molar-refractivity contribution is 5.83. The van der Waals surface area contributed by atoms with Gasteiger partial charge in [0.25, 0.3) is 0 Å². The van der Waals surface area contributed by atoms with Crippen LogP contribution in [0, 0.1) is 11.7 Å². The molecule has 0 spiro atoms. The molecule has 2 atom stereocenters. The van der Waals surface area contributed by atoms with Crippen molar-refractivity contribution in [3.8, 4) is 0 Å². The first-order valence-corrected chi connectivity index (χ1v) is 10.9. The van der Waals surface area contributed by atoms with Crippen molar-refractivity contribution in [1.29, 1.82) is 0 Å². The maximum atomic E-state index is 13.4. The summed E-state index contributed by atoms with van der Waals surface area (Å²) in [7, 11) is 1.69. The van der Waals surface area contributed by atoms with E-state index in [1.807, 2.05) is 35.4 Å². The number of benzene rings is 2. The summed E-state index contributed by atoms with van der Waals surface area (Å²) < 4.78 is 20.6. The molecule has 3 aromatic rings. The van der Waals surface area contributed by atoms with Gasteiger partial charge in [0.15, 0.2) is 0 Å². The molecule has 2 aromatic carbocycles. The number of carbonyl (C=O) groups excluding carboxylic acids is 1. The van der Waals surface area contributed by atoms with Crippen LogP contribution in [-0.4, -0.2) is 35.6 Å². The lowest BCUT2D eigenvalue weighted by Gasteiger charge is -2.24. The third kappa shape index (κ3) is 5.42. The summed E-state index contributed by atoms with van der Waals surface area (Å²) in [4.78, 5) is 15.3. The number of ether oxygens (including phenoxy) is 1. The topological polar surface area (TPSA) is 34.5 Å². The van der Waals surface area contributed by atoms with E-state index in [2.05, 4.69) is 22.8 Å². The number of hydrogen-bond donors (Lipinski definition) is 0. The van der Waals surface area contributed by atoms with Crippen LogP contribution in [0.4, 0.5) is 4.39 Å². The Morgan fingerprint density at radius 3 is 2.61 bits per heavy atom. The van der Waals surface area contributed by atoms with Gasteiger partial charge < -0.3 is 14.2 Å². The second-order valence-electron chi connectivity index (χ2n) is 8.22. The van der Waals surface area contributed by atoms with Gasteiger partial charge in [-0.1, -0.05) is 42.5 Å². The van der Waals surface area contributed by atoms with E-state index in [-0.39, 0.29) is 17.6 Å². The lowest BCUT2D eigenvalue weighted by atomic mass is 10.1. The third-order valence-electron chi connectivity index (χ3n) is 5.97. The van der Waals surface area contributed by atoms with Gasteiger partial charge in [-0.15, -0.1) is 0 Å². The Morgan fingerprint density at radius 1 is 1.10 bits per heavy atom. The maximum Gasteiger partial charge on any atom is 0.226 e.